The first kappa shape index (κ1) is 11.9. The minimum Gasteiger partial charge on any atom is -0.321 e. The molecule has 0 fully saturated rings. The molecule has 1 N–H and O–H groups in total. The number of nitrogens with zero attached hydrogens (tertiary/aromatic N) is 3. The van der Waals surface area contributed by atoms with E-state index >= 15 is 0 Å². The number of nitriles is 1. The summed E-state index contributed by atoms with van der Waals surface area (Å²) in [5, 5.41) is 15.5. The molecular formula is C13H12N4O. The highest BCUT2D eigenvalue weighted by atomic mass is 16.1. The van der Waals surface area contributed by atoms with E-state index in [9.17, 15) is 4.79 Å². The van der Waals surface area contributed by atoms with Crippen molar-refractivity contribution in [2.45, 2.75) is 13.5 Å². The van der Waals surface area contributed by atoms with Crippen LogP contribution >= 0.6 is 0 Å². The van der Waals surface area contributed by atoms with E-state index in [-0.39, 0.29) is 5.91 Å². The van der Waals surface area contributed by atoms with Crippen LogP contribution in [0.4, 0.5) is 5.69 Å². The molecule has 0 unspecified atom stereocenters. The van der Waals surface area contributed by atoms with Crippen molar-refractivity contribution in [3.05, 3.63) is 47.8 Å². The van der Waals surface area contributed by atoms with Crippen molar-refractivity contribution in [3.8, 4) is 6.07 Å². The molecule has 1 heterocycles. The Hall–Kier alpha value is -2.61. The minimum atomic E-state index is -0.257. The number of benzene rings is 1. The van der Waals surface area contributed by atoms with Crippen LogP contribution in [0.3, 0.4) is 0 Å². The fourth-order valence-electron chi connectivity index (χ4n) is 1.48. The molecule has 2 aromatic rings. The van der Waals surface area contributed by atoms with Crippen LogP contribution < -0.4 is 5.32 Å². The maximum Gasteiger partial charge on any atom is 0.276 e. The predicted octanol–water partition coefficient (Wildman–Crippen LogP) is 2.03. The number of amides is 1. The average Bonchev–Trinajstić information content (AvgIpc) is 2.88. The molecule has 0 radical (unpaired) electrons. The zero-order chi connectivity index (χ0) is 13.0. The highest BCUT2D eigenvalue weighted by molar-refractivity contribution is 6.02. The Morgan fingerprint density at radius 2 is 2.11 bits per heavy atom. The topological polar surface area (TPSA) is 70.7 Å². The van der Waals surface area contributed by atoms with Crippen LogP contribution in [0.15, 0.2) is 36.5 Å². The fraction of sp³-hybridized carbons (Fsp3) is 0.154. The van der Waals surface area contributed by atoms with Gasteiger partial charge in [0.2, 0.25) is 0 Å². The van der Waals surface area contributed by atoms with Crippen LogP contribution in [0.1, 0.15) is 23.0 Å². The second-order valence-electron chi connectivity index (χ2n) is 3.70. The van der Waals surface area contributed by atoms with Crippen molar-refractivity contribution in [1.82, 2.24) is 9.78 Å². The lowest BCUT2D eigenvalue weighted by Crippen LogP contribution is -2.13. The van der Waals surface area contributed by atoms with Crippen LogP contribution in [-0.4, -0.2) is 15.7 Å². The molecule has 0 aliphatic rings. The highest BCUT2D eigenvalue weighted by Gasteiger charge is 2.09. The third-order valence-electron chi connectivity index (χ3n) is 2.47. The molecule has 0 bridgehead atoms. The first-order valence-corrected chi connectivity index (χ1v) is 5.58. The summed E-state index contributed by atoms with van der Waals surface area (Å²) in [4.78, 5) is 11.8. The Labute approximate surface area is 105 Å². The number of rotatable bonds is 3. The summed E-state index contributed by atoms with van der Waals surface area (Å²) in [5.74, 6) is -0.257. The number of aryl methyl sites for hydroxylation is 1. The van der Waals surface area contributed by atoms with Crippen molar-refractivity contribution in [3.63, 3.8) is 0 Å². The van der Waals surface area contributed by atoms with Crippen molar-refractivity contribution in [2.75, 3.05) is 5.32 Å². The Balaban J connectivity index is 2.08. The molecular weight excluding hydrogens is 228 g/mol. The van der Waals surface area contributed by atoms with E-state index in [2.05, 4.69) is 10.4 Å². The third kappa shape index (κ3) is 2.55. The number of aromatic nitrogens is 2. The van der Waals surface area contributed by atoms with Gasteiger partial charge < -0.3 is 5.32 Å². The first-order chi connectivity index (χ1) is 8.72. The summed E-state index contributed by atoms with van der Waals surface area (Å²) in [7, 11) is 0. The van der Waals surface area contributed by atoms with E-state index in [0.29, 0.717) is 16.9 Å². The van der Waals surface area contributed by atoms with Gasteiger partial charge in [-0.15, -0.1) is 0 Å². The molecule has 0 aliphatic carbocycles. The van der Waals surface area contributed by atoms with Gasteiger partial charge in [-0.25, -0.2) is 0 Å². The Bertz CT molecular complexity index is 592. The Kier molecular flexibility index (Phi) is 3.39. The number of hydrogen-bond donors (Lipinski definition) is 1. The summed E-state index contributed by atoms with van der Waals surface area (Å²) in [6.07, 6.45) is 1.76. The molecule has 18 heavy (non-hydrogen) atoms. The number of carbonyl (C=O) groups excluding carboxylic acids is 1. The molecule has 2 rings (SSSR count). The molecule has 1 aromatic carbocycles. The molecule has 1 aromatic heterocycles. The lowest BCUT2D eigenvalue weighted by molar-refractivity contribution is 0.102. The summed E-state index contributed by atoms with van der Waals surface area (Å²) in [5.41, 5.74) is 1.58. The smallest absolute Gasteiger partial charge is 0.276 e. The maximum absolute atomic E-state index is 11.8. The molecule has 0 spiro atoms. The molecule has 0 aliphatic heterocycles. The van der Waals surface area contributed by atoms with Gasteiger partial charge in [-0.2, -0.15) is 10.4 Å². The van der Waals surface area contributed by atoms with E-state index in [1.807, 2.05) is 13.0 Å². The van der Waals surface area contributed by atoms with Gasteiger partial charge in [0.05, 0.1) is 11.6 Å². The minimum absolute atomic E-state index is 0.257. The van der Waals surface area contributed by atoms with Crippen molar-refractivity contribution >= 4 is 11.6 Å². The van der Waals surface area contributed by atoms with E-state index < -0.39 is 0 Å². The van der Waals surface area contributed by atoms with E-state index in [4.69, 9.17) is 5.26 Å². The Morgan fingerprint density at radius 3 is 2.67 bits per heavy atom. The zero-order valence-electron chi connectivity index (χ0n) is 9.92. The lowest BCUT2D eigenvalue weighted by Gasteiger charge is -2.02. The maximum atomic E-state index is 11.8. The summed E-state index contributed by atoms with van der Waals surface area (Å²) < 4.78 is 1.69. The Morgan fingerprint density at radius 1 is 1.39 bits per heavy atom. The monoisotopic (exact) mass is 240 g/mol. The van der Waals surface area contributed by atoms with Gasteiger partial charge in [0.15, 0.2) is 5.69 Å². The first-order valence-electron chi connectivity index (χ1n) is 5.58. The van der Waals surface area contributed by atoms with Crippen molar-refractivity contribution < 1.29 is 4.79 Å². The van der Waals surface area contributed by atoms with Gasteiger partial charge in [0, 0.05) is 18.4 Å². The van der Waals surface area contributed by atoms with Crippen LogP contribution in [0, 0.1) is 11.3 Å². The van der Waals surface area contributed by atoms with E-state index in [0.717, 1.165) is 6.54 Å². The second kappa shape index (κ2) is 5.15. The number of carbonyl (C=O) groups is 1. The normalized spacial score (nSPS) is 9.78. The van der Waals surface area contributed by atoms with Gasteiger partial charge in [0.1, 0.15) is 0 Å². The lowest BCUT2D eigenvalue weighted by atomic mass is 10.2. The van der Waals surface area contributed by atoms with Crippen LogP contribution in [0.25, 0.3) is 0 Å². The molecule has 0 atom stereocenters. The van der Waals surface area contributed by atoms with Gasteiger partial charge >= 0.3 is 0 Å². The number of nitrogens with one attached hydrogen (secondary N) is 1. The SMILES string of the molecule is CCn1ccc(C(=O)Nc2ccc(C#N)cc2)n1. The molecule has 90 valence electrons. The largest absolute Gasteiger partial charge is 0.321 e. The van der Waals surface area contributed by atoms with Crippen molar-refractivity contribution in [2.24, 2.45) is 0 Å². The van der Waals surface area contributed by atoms with Gasteiger partial charge in [-0.3, -0.25) is 9.48 Å². The summed E-state index contributed by atoms with van der Waals surface area (Å²) in [6, 6.07) is 10.4. The standard InChI is InChI=1S/C13H12N4O/c1-2-17-8-7-12(16-17)13(18)15-11-5-3-10(9-14)4-6-11/h3-8H,2H2,1H3,(H,15,18). The highest BCUT2D eigenvalue weighted by Crippen LogP contribution is 2.10. The fourth-order valence-corrected chi connectivity index (χ4v) is 1.48. The summed E-state index contributed by atoms with van der Waals surface area (Å²) in [6.45, 7) is 2.68. The van der Waals surface area contributed by atoms with Gasteiger partial charge in [0.25, 0.3) is 5.91 Å². The average molecular weight is 240 g/mol. The third-order valence-corrected chi connectivity index (χ3v) is 2.47. The molecule has 5 heteroatoms. The van der Waals surface area contributed by atoms with Gasteiger partial charge in [-0.05, 0) is 37.3 Å². The van der Waals surface area contributed by atoms with Crippen molar-refractivity contribution in [1.29, 1.82) is 5.26 Å². The molecule has 0 saturated heterocycles. The van der Waals surface area contributed by atoms with Crippen LogP contribution in [-0.2, 0) is 6.54 Å². The van der Waals surface area contributed by atoms with E-state index in [1.165, 1.54) is 0 Å². The van der Waals surface area contributed by atoms with E-state index in [1.54, 1.807) is 41.2 Å². The molecule has 0 saturated carbocycles. The van der Waals surface area contributed by atoms with Crippen LogP contribution in [0.2, 0.25) is 0 Å². The zero-order valence-corrected chi connectivity index (χ0v) is 9.92. The van der Waals surface area contributed by atoms with Crippen LogP contribution in [0.5, 0.6) is 0 Å². The number of hydrogen-bond acceptors (Lipinski definition) is 3. The molecule has 5 nitrogen and oxygen atoms in total. The number of anilines is 1. The quantitative estimate of drug-likeness (QED) is 0.892. The predicted molar refractivity (Wildman–Crippen MR) is 67.0 cm³/mol. The summed E-state index contributed by atoms with van der Waals surface area (Å²) >= 11 is 0. The van der Waals surface area contributed by atoms with Gasteiger partial charge in [-0.1, -0.05) is 0 Å². The second-order valence-corrected chi connectivity index (χ2v) is 3.70. The molecule has 1 amide bonds.